The average molecular weight is 259 g/mol. The standard InChI is InChI=1S/C16H21NO2/c1-3-6-14-7-4-5-8-15(14)16(19)9-11-17(12-10-16)13(2)18/h3-5,7-8,19H,1,6,9-12H2,2H3. The van der Waals surface area contributed by atoms with E-state index in [0.717, 1.165) is 17.5 Å². The molecule has 3 nitrogen and oxygen atoms in total. The number of piperidine rings is 1. The number of amides is 1. The molecule has 0 aromatic heterocycles. The summed E-state index contributed by atoms with van der Waals surface area (Å²) in [6, 6.07) is 7.96. The molecule has 0 radical (unpaired) electrons. The van der Waals surface area contributed by atoms with Gasteiger partial charge in [-0.3, -0.25) is 4.79 Å². The molecule has 1 aliphatic heterocycles. The van der Waals surface area contributed by atoms with E-state index in [1.165, 1.54) is 0 Å². The van der Waals surface area contributed by atoms with E-state index in [9.17, 15) is 9.90 Å². The Morgan fingerprint density at radius 3 is 2.63 bits per heavy atom. The Kier molecular flexibility index (Phi) is 4.05. The Hall–Kier alpha value is -1.61. The normalized spacial score (nSPS) is 18.1. The average Bonchev–Trinajstić information content (AvgIpc) is 2.40. The van der Waals surface area contributed by atoms with Gasteiger partial charge in [0.15, 0.2) is 0 Å². The first-order valence-electron chi connectivity index (χ1n) is 6.74. The molecule has 0 aliphatic carbocycles. The predicted octanol–water partition coefficient (Wildman–Crippen LogP) is 2.25. The Bertz CT molecular complexity index is 473. The van der Waals surface area contributed by atoms with Crippen molar-refractivity contribution < 1.29 is 9.90 Å². The lowest BCUT2D eigenvalue weighted by Crippen LogP contribution is -2.44. The maximum absolute atomic E-state index is 11.3. The van der Waals surface area contributed by atoms with Crippen LogP contribution >= 0.6 is 0 Å². The molecule has 102 valence electrons. The van der Waals surface area contributed by atoms with Gasteiger partial charge in [-0.2, -0.15) is 0 Å². The third kappa shape index (κ3) is 2.87. The largest absolute Gasteiger partial charge is 0.385 e. The van der Waals surface area contributed by atoms with Crippen LogP contribution in [0, 0.1) is 0 Å². The SMILES string of the molecule is C=CCc1ccccc1C1(O)CCN(C(C)=O)CC1. The van der Waals surface area contributed by atoms with Crippen LogP contribution in [-0.2, 0) is 16.8 Å². The molecule has 2 rings (SSSR count). The smallest absolute Gasteiger partial charge is 0.219 e. The minimum absolute atomic E-state index is 0.0847. The number of allylic oxidation sites excluding steroid dienone is 1. The van der Waals surface area contributed by atoms with Crippen molar-refractivity contribution in [2.75, 3.05) is 13.1 Å². The highest BCUT2D eigenvalue weighted by molar-refractivity contribution is 5.73. The summed E-state index contributed by atoms with van der Waals surface area (Å²) >= 11 is 0. The fourth-order valence-electron chi connectivity index (χ4n) is 2.77. The van der Waals surface area contributed by atoms with Crippen LogP contribution in [0.3, 0.4) is 0 Å². The maximum atomic E-state index is 11.3. The van der Waals surface area contributed by atoms with E-state index in [1.54, 1.807) is 11.8 Å². The van der Waals surface area contributed by atoms with Gasteiger partial charge in [-0.15, -0.1) is 6.58 Å². The maximum Gasteiger partial charge on any atom is 0.219 e. The Morgan fingerprint density at radius 1 is 1.42 bits per heavy atom. The van der Waals surface area contributed by atoms with E-state index >= 15 is 0 Å². The Balaban J connectivity index is 2.22. The van der Waals surface area contributed by atoms with Gasteiger partial charge in [0.2, 0.25) is 5.91 Å². The molecule has 1 heterocycles. The summed E-state index contributed by atoms with van der Waals surface area (Å²) < 4.78 is 0. The van der Waals surface area contributed by atoms with Gasteiger partial charge in [-0.25, -0.2) is 0 Å². The van der Waals surface area contributed by atoms with Gasteiger partial charge in [-0.1, -0.05) is 30.3 Å². The Labute approximate surface area is 114 Å². The van der Waals surface area contributed by atoms with Crippen molar-refractivity contribution in [3.8, 4) is 0 Å². The van der Waals surface area contributed by atoms with Crippen LogP contribution in [0.4, 0.5) is 0 Å². The number of carbonyl (C=O) groups is 1. The second-order valence-corrected chi connectivity index (χ2v) is 5.19. The fourth-order valence-corrected chi connectivity index (χ4v) is 2.77. The van der Waals surface area contributed by atoms with Crippen LogP contribution in [0.5, 0.6) is 0 Å². The van der Waals surface area contributed by atoms with Crippen LogP contribution in [0.1, 0.15) is 30.9 Å². The number of hydrogen-bond acceptors (Lipinski definition) is 2. The molecule has 1 aromatic rings. The van der Waals surface area contributed by atoms with Crippen molar-refractivity contribution in [3.05, 3.63) is 48.0 Å². The second-order valence-electron chi connectivity index (χ2n) is 5.19. The highest BCUT2D eigenvalue weighted by Crippen LogP contribution is 2.35. The monoisotopic (exact) mass is 259 g/mol. The highest BCUT2D eigenvalue weighted by atomic mass is 16.3. The van der Waals surface area contributed by atoms with E-state index in [0.29, 0.717) is 25.9 Å². The molecule has 1 fully saturated rings. The van der Waals surface area contributed by atoms with E-state index in [1.807, 2.05) is 30.3 Å². The lowest BCUT2D eigenvalue weighted by atomic mass is 9.81. The molecule has 0 unspecified atom stereocenters. The fraction of sp³-hybridized carbons (Fsp3) is 0.438. The van der Waals surface area contributed by atoms with Crippen LogP contribution < -0.4 is 0 Å². The zero-order valence-corrected chi connectivity index (χ0v) is 11.4. The van der Waals surface area contributed by atoms with E-state index in [2.05, 4.69) is 6.58 Å². The van der Waals surface area contributed by atoms with E-state index in [4.69, 9.17) is 0 Å². The van der Waals surface area contributed by atoms with Crippen LogP contribution in [0.15, 0.2) is 36.9 Å². The lowest BCUT2D eigenvalue weighted by Gasteiger charge is -2.39. The third-order valence-electron chi connectivity index (χ3n) is 3.92. The van der Waals surface area contributed by atoms with Crippen LogP contribution in [0.25, 0.3) is 0 Å². The van der Waals surface area contributed by atoms with Crippen molar-refractivity contribution in [1.29, 1.82) is 0 Å². The van der Waals surface area contributed by atoms with Crippen molar-refractivity contribution in [2.24, 2.45) is 0 Å². The van der Waals surface area contributed by atoms with Crippen molar-refractivity contribution >= 4 is 5.91 Å². The molecule has 1 amide bonds. The summed E-state index contributed by atoms with van der Waals surface area (Å²) in [5.41, 5.74) is 1.29. The number of rotatable bonds is 3. The van der Waals surface area contributed by atoms with E-state index < -0.39 is 5.60 Å². The number of carbonyl (C=O) groups excluding carboxylic acids is 1. The first kappa shape index (κ1) is 13.8. The first-order valence-corrected chi connectivity index (χ1v) is 6.74. The highest BCUT2D eigenvalue weighted by Gasteiger charge is 2.35. The van der Waals surface area contributed by atoms with Crippen LogP contribution in [0.2, 0.25) is 0 Å². The molecule has 19 heavy (non-hydrogen) atoms. The third-order valence-corrected chi connectivity index (χ3v) is 3.92. The van der Waals surface area contributed by atoms with E-state index in [-0.39, 0.29) is 5.91 Å². The molecule has 0 saturated carbocycles. The van der Waals surface area contributed by atoms with Crippen LogP contribution in [-0.4, -0.2) is 29.0 Å². The number of benzene rings is 1. The summed E-state index contributed by atoms with van der Waals surface area (Å²) in [7, 11) is 0. The zero-order chi connectivity index (χ0) is 13.9. The number of aliphatic hydroxyl groups is 1. The van der Waals surface area contributed by atoms with Crippen molar-refractivity contribution in [2.45, 2.75) is 31.8 Å². The van der Waals surface area contributed by atoms with Gasteiger partial charge < -0.3 is 10.0 Å². The number of nitrogens with zero attached hydrogens (tertiary/aromatic N) is 1. The molecule has 0 atom stereocenters. The molecule has 1 saturated heterocycles. The first-order chi connectivity index (χ1) is 9.07. The zero-order valence-electron chi connectivity index (χ0n) is 11.4. The summed E-state index contributed by atoms with van der Waals surface area (Å²) in [4.78, 5) is 13.1. The summed E-state index contributed by atoms with van der Waals surface area (Å²) in [5, 5.41) is 10.9. The van der Waals surface area contributed by atoms with Gasteiger partial charge in [-0.05, 0) is 30.4 Å². The van der Waals surface area contributed by atoms with Gasteiger partial charge in [0.1, 0.15) is 0 Å². The topological polar surface area (TPSA) is 40.5 Å². The summed E-state index contributed by atoms with van der Waals surface area (Å²) in [6.45, 7) is 6.58. The minimum Gasteiger partial charge on any atom is -0.385 e. The van der Waals surface area contributed by atoms with Gasteiger partial charge in [0, 0.05) is 20.0 Å². The minimum atomic E-state index is -0.814. The number of likely N-dealkylation sites (tertiary alicyclic amines) is 1. The summed E-state index contributed by atoms with van der Waals surface area (Å²) in [6.07, 6.45) is 3.81. The molecule has 0 spiro atoms. The summed E-state index contributed by atoms with van der Waals surface area (Å²) in [5.74, 6) is 0.0847. The molecule has 1 aromatic carbocycles. The quantitative estimate of drug-likeness (QED) is 0.846. The Morgan fingerprint density at radius 2 is 2.05 bits per heavy atom. The molecule has 3 heteroatoms. The second kappa shape index (κ2) is 5.57. The van der Waals surface area contributed by atoms with Gasteiger partial charge in [0.05, 0.1) is 5.60 Å². The number of hydrogen-bond donors (Lipinski definition) is 1. The molecule has 1 aliphatic rings. The predicted molar refractivity (Wildman–Crippen MR) is 75.7 cm³/mol. The molecule has 1 N–H and O–H groups in total. The molecular weight excluding hydrogens is 238 g/mol. The van der Waals surface area contributed by atoms with Gasteiger partial charge in [0.25, 0.3) is 0 Å². The van der Waals surface area contributed by atoms with Crippen molar-refractivity contribution in [3.63, 3.8) is 0 Å². The molecular formula is C16H21NO2. The molecule has 0 bridgehead atoms. The van der Waals surface area contributed by atoms with Crippen molar-refractivity contribution in [1.82, 2.24) is 4.90 Å². The lowest BCUT2D eigenvalue weighted by molar-refractivity contribution is -0.133. The van der Waals surface area contributed by atoms with Gasteiger partial charge >= 0.3 is 0 Å².